The van der Waals surface area contributed by atoms with Crippen LogP contribution in [-0.4, -0.2) is 40.2 Å². The zero-order chi connectivity index (χ0) is 14.4. The molecule has 0 unspecified atom stereocenters. The molecule has 112 valence electrons. The lowest BCUT2D eigenvalue weighted by molar-refractivity contribution is 0.123. The molecule has 7 heteroatoms. The number of aromatic nitrogens is 1. The summed E-state index contributed by atoms with van der Waals surface area (Å²) in [5.74, 6) is 1.09. The number of anilines is 1. The number of pyridine rings is 1. The van der Waals surface area contributed by atoms with Crippen molar-refractivity contribution in [3.63, 3.8) is 0 Å². The topological polar surface area (TPSA) is 80.3 Å². The lowest BCUT2D eigenvalue weighted by atomic mass is 10.4. The first-order valence-electron chi connectivity index (χ1n) is 6.83. The highest BCUT2D eigenvalue weighted by atomic mass is 32.2. The molecule has 1 aromatic rings. The van der Waals surface area contributed by atoms with E-state index in [1.165, 1.54) is 18.9 Å². The normalized spacial score (nSPS) is 15.2. The molecule has 1 aliphatic carbocycles. The van der Waals surface area contributed by atoms with E-state index in [4.69, 9.17) is 4.74 Å². The molecule has 0 bridgehead atoms. The van der Waals surface area contributed by atoms with E-state index in [2.05, 4.69) is 15.0 Å². The third-order valence-corrected chi connectivity index (χ3v) is 4.60. The largest absolute Gasteiger partial charge is 0.381 e. The van der Waals surface area contributed by atoms with E-state index in [1.807, 2.05) is 0 Å². The summed E-state index contributed by atoms with van der Waals surface area (Å²) < 4.78 is 32.3. The average molecular weight is 299 g/mol. The van der Waals surface area contributed by atoms with Gasteiger partial charge in [-0.3, -0.25) is 0 Å². The highest BCUT2D eigenvalue weighted by molar-refractivity contribution is 7.89. The van der Waals surface area contributed by atoms with Gasteiger partial charge in [-0.1, -0.05) is 0 Å². The summed E-state index contributed by atoms with van der Waals surface area (Å²) in [5, 5.41) is 2.78. The van der Waals surface area contributed by atoms with E-state index in [0.717, 1.165) is 12.5 Å². The number of hydrogen-bond donors (Lipinski definition) is 2. The molecular formula is C13H21N3O3S. The minimum absolute atomic E-state index is 0.168. The third kappa shape index (κ3) is 4.43. The second-order valence-corrected chi connectivity index (χ2v) is 6.61. The second kappa shape index (κ2) is 7.01. The highest BCUT2D eigenvalue weighted by Gasteiger charge is 2.21. The first-order chi connectivity index (χ1) is 9.63. The molecule has 0 saturated heterocycles. The van der Waals surface area contributed by atoms with Crippen LogP contribution in [0.1, 0.15) is 19.3 Å². The number of rotatable bonds is 9. The fraction of sp³-hybridized carbons (Fsp3) is 0.615. The van der Waals surface area contributed by atoms with Crippen LogP contribution in [0, 0.1) is 5.92 Å². The van der Waals surface area contributed by atoms with Gasteiger partial charge in [0, 0.05) is 33.0 Å². The Balaban J connectivity index is 1.77. The summed E-state index contributed by atoms with van der Waals surface area (Å²) in [6.07, 6.45) is 4.75. The van der Waals surface area contributed by atoms with Crippen LogP contribution in [0.3, 0.4) is 0 Å². The lowest BCUT2D eigenvalue weighted by Crippen LogP contribution is -2.26. The summed E-state index contributed by atoms with van der Waals surface area (Å²) in [5.41, 5.74) is 0. The summed E-state index contributed by atoms with van der Waals surface area (Å²) in [7, 11) is -1.88. The number of nitrogens with zero attached hydrogens (tertiary/aromatic N) is 1. The van der Waals surface area contributed by atoms with Crippen molar-refractivity contribution in [1.82, 2.24) is 9.71 Å². The zero-order valence-corrected chi connectivity index (χ0v) is 12.4. The highest BCUT2D eigenvalue weighted by Crippen LogP contribution is 2.28. The van der Waals surface area contributed by atoms with Gasteiger partial charge in [0.15, 0.2) is 0 Å². The van der Waals surface area contributed by atoms with Crippen LogP contribution in [0.2, 0.25) is 0 Å². The van der Waals surface area contributed by atoms with Crippen LogP contribution in [0.25, 0.3) is 0 Å². The Morgan fingerprint density at radius 1 is 1.45 bits per heavy atom. The monoisotopic (exact) mass is 299 g/mol. The SMILES string of the molecule is CNc1ncccc1S(=O)(=O)NCCCOCC1CC1. The molecule has 1 aromatic heterocycles. The lowest BCUT2D eigenvalue weighted by Gasteiger charge is -2.10. The van der Waals surface area contributed by atoms with E-state index in [9.17, 15) is 8.42 Å². The van der Waals surface area contributed by atoms with Gasteiger partial charge < -0.3 is 10.1 Å². The minimum atomic E-state index is -3.52. The molecule has 0 aliphatic heterocycles. The molecule has 2 N–H and O–H groups in total. The van der Waals surface area contributed by atoms with Crippen molar-refractivity contribution < 1.29 is 13.2 Å². The maximum atomic E-state index is 12.1. The average Bonchev–Trinajstić information content (AvgIpc) is 3.26. The van der Waals surface area contributed by atoms with Crippen LogP contribution >= 0.6 is 0 Å². The van der Waals surface area contributed by atoms with Crippen molar-refractivity contribution >= 4 is 15.8 Å². The van der Waals surface area contributed by atoms with Crippen LogP contribution < -0.4 is 10.0 Å². The zero-order valence-electron chi connectivity index (χ0n) is 11.6. The molecule has 0 spiro atoms. The van der Waals surface area contributed by atoms with Crippen LogP contribution in [0.5, 0.6) is 0 Å². The van der Waals surface area contributed by atoms with Gasteiger partial charge in [-0.2, -0.15) is 0 Å². The molecule has 1 heterocycles. The van der Waals surface area contributed by atoms with E-state index >= 15 is 0 Å². The fourth-order valence-corrected chi connectivity index (χ4v) is 3.02. The Labute approximate surface area is 120 Å². The molecule has 1 saturated carbocycles. The molecule has 0 aromatic carbocycles. The Bertz CT molecular complexity index is 529. The Kier molecular flexibility index (Phi) is 5.33. The summed E-state index contributed by atoms with van der Waals surface area (Å²) in [6.45, 7) is 1.76. The molecular weight excluding hydrogens is 278 g/mol. The van der Waals surface area contributed by atoms with Crippen molar-refractivity contribution in [1.29, 1.82) is 0 Å². The number of nitrogens with one attached hydrogen (secondary N) is 2. The van der Waals surface area contributed by atoms with Crippen LogP contribution in [-0.2, 0) is 14.8 Å². The van der Waals surface area contributed by atoms with Gasteiger partial charge in [0.2, 0.25) is 10.0 Å². The molecule has 2 rings (SSSR count). The van der Waals surface area contributed by atoms with Gasteiger partial charge in [0.1, 0.15) is 10.7 Å². The summed E-state index contributed by atoms with van der Waals surface area (Å²) in [4.78, 5) is 4.16. The first-order valence-corrected chi connectivity index (χ1v) is 8.32. The van der Waals surface area contributed by atoms with Crippen molar-refractivity contribution in [3.05, 3.63) is 18.3 Å². The molecule has 0 atom stereocenters. The standard InChI is InChI=1S/C13H21N3O3S/c1-14-13-12(4-2-7-15-13)20(17,18)16-8-3-9-19-10-11-5-6-11/h2,4,7,11,16H,3,5-6,8-10H2,1H3,(H,14,15). The Morgan fingerprint density at radius 2 is 2.25 bits per heavy atom. The van der Waals surface area contributed by atoms with Gasteiger partial charge in [0.05, 0.1) is 0 Å². The Hall–Kier alpha value is -1.18. The van der Waals surface area contributed by atoms with Gasteiger partial charge in [0.25, 0.3) is 0 Å². The smallest absolute Gasteiger partial charge is 0.244 e. The van der Waals surface area contributed by atoms with Gasteiger partial charge >= 0.3 is 0 Å². The van der Waals surface area contributed by atoms with E-state index in [1.54, 1.807) is 19.3 Å². The molecule has 0 amide bonds. The summed E-state index contributed by atoms with van der Waals surface area (Å²) >= 11 is 0. The van der Waals surface area contributed by atoms with Gasteiger partial charge in [-0.25, -0.2) is 18.1 Å². The molecule has 20 heavy (non-hydrogen) atoms. The van der Waals surface area contributed by atoms with Crippen LogP contribution in [0.15, 0.2) is 23.2 Å². The first kappa shape index (κ1) is 15.2. The summed E-state index contributed by atoms with van der Waals surface area (Å²) in [6, 6.07) is 3.14. The Morgan fingerprint density at radius 3 is 2.95 bits per heavy atom. The maximum absolute atomic E-state index is 12.1. The third-order valence-electron chi connectivity index (χ3n) is 3.11. The molecule has 1 fully saturated rings. The molecule has 6 nitrogen and oxygen atoms in total. The van der Waals surface area contributed by atoms with Crippen molar-refractivity contribution in [3.8, 4) is 0 Å². The van der Waals surface area contributed by atoms with E-state index in [-0.39, 0.29) is 4.90 Å². The van der Waals surface area contributed by atoms with Crippen molar-refractivity contribution in [2.45, 2.75) is 24.2 Å². The van der Waals surface area contributed by atoms with Gasteiger partial charge in [-0.05, 0) is 37.3 Å². The van der Waals surface area contributed by atoms with Gasteiger partial charge in [-0.15, -0.1) is 0 Å². The molecule has 0 radical (unpaired) electrons. The predicted molar refractivity (Wildman–Crippen MR) is 77.1 cm³/mol. The fourth-order valence-electron chi connectivity index (χ4n) is 1.79. The molecule has 1 aliphatic rings. The predicted octanol–water partition coefficient (Wildman–Crippen LogP) is 1.22. The van der Waals surface area contributed by atoms with Crippen LogP contribution in [0.4, 0.5) is 5.82 Å². The number of ether oxygens (including phenoxy) is 1. The minimum Gasteiger partial charge on any atom is -0.381 e. The van der Waals surface area contributed by atoms with Crippen molar-refractivity contribution in [2.24, 2.45) is 5.92 Å². The maximum Gasteiger partial charge on any atom is 0.244 e. The quantitative estimate of drug-likeness (QED) is 0.670. The second-order valence-electron chi connectivity index (χ2n) is 4.87. The number of hydrogen-bond acceptors (Lipinski definition) is 5. The van der Waals surface area contributed by atoms with E-state index in [0.29, 0.717) is 25.4 Å². The number of sulfonamides is 1. The van der Waals surface area contributed by atoms with E-state index < -0.39 is 10.0 Å². The van der Waals surface area contributed by atoms with Crippen molar-refractivity contribution in [2.75, 3.05) is 32.1 Å².